The number of hydrogen-bond acceptors (Lipinski definition) is 9. The summed E-state index contributed by atoms with van der Waals surface area (Å²) >= 11 is 0. The van der Waals surface area contributed by atoms with Gasteiger partial charge in [0.2, 0.25) is 12.2 Å². The average Bonchev–Trinajstić information content (AvgIpc) is 2.44. The zero-order valence-electron chi connectivity index (χ0n) is 16.3. The molecule has 0 saturated carbocycles. The number of carbonyl (C=O) groups is 4. The molecule has 0 aromatic carbocycles. The smallest absolute Gasteiger partial charge is 0.450 e. The van der Waals surface area contributed by atoms with Crippen molar-refractivity contribution in [1.82, 2.24) is 0 Å². The van der Waals surface area contributed by atoms with E-state index < -0.39 is 55.2 Å². The molecule has 26 heavy (non-hydrogen) atoms. The highest BCUT2D eigenvalue weighted by molar-refractivity contribution is 7.34. The van der Waals surface area contributed by atoms with Gasteiger partial charge in [0.1, 0.15) is 0 Å². The summed E-state index contributed by atoms with van der Waals surface area (Å²) < 4.78 is 30.2. The molecule has 0 fully saturated rings. The predicted octanol–water partition coefficient (Wildman–Crippen LogP) is 2.69. The van der Waals surface area contributed by atoms with Crippen molar-refractivity contribution < 1.29 is 42.3 Å². The summed E-state index contributed by atoms with van der Waals surface area (Å²) in [6, 6.07) is 0. The predicted molar refractivity (Wildman–Crippen MR) is 89.8 cm³/mol. The molecule has 0 aliphatic rings. The van der Waals surface area contributed by atoms with Crippen molar-refractivity contribution in [3.05, 3.63) is 0 Å². The molecule has 0 spiro atoms. The molecule has 0 aliphatic heterocycles. The van der Waals surface area contributed by atoms with E-state index in [2.05, 4.69) is 9.05 Å². The minimum absolute atomic E-state index is 0.656. The lowest BCUT2D eigenvalue weighted by Crippen LogP contribution is -2.32. The lowest BCUT2D eigenvalue weighted by molar-refractivity contribution is -0.169. The van der Waals surface area contributed by atoms with E-state index in [0.29, 0.717) is 0 Å². The van der Waals surface area contributed by atoms with Crippen LogP contribution in [0.1, 0.15) is 55.4 Å². The summed E-state index contributed by atoms with van der Waals surface area (Å²) in [5, 5.41) is 0. The van der Waals surface area contributed by atoms with Crippen molar-refractivity contribution in [2.24, 2.45) is 10.8 Å². The highest BCUT2D eigenvalue weighted by Gasteiger charge is 2.39. The maximum Gasteiger partial charge on any atom is 0.811 e. The minimum Gasteiger partial charge on any atom is -0.450 e. The molecule has 10 heteroatoms. The van der Waals surface area contributed by atoms with E-state index in [0.717, 1.165) is 0 Å². The number of hydrogen-bond donors (Lipinski definition) is 0. The zero-order valence-corrected chi connectivity index (χ0v) is 17.2. The SMILES string of the molecule is CC(OC(=O)C(C)(C)C)C(=O)O[P+](=O)OC(=O)C(C)OC(=O)C(C)(C)C. The largest absolute Gasteiger partial charge is 0.811 e. The van der Waals surface area contributed by atoms with Gasteiger partial charge in [0.15, 0.2) is 0 Å². The summed E-state index contributed by atoms with van der Waals surface area (Å²) in [5.41, 5.74) is -1.68. The summed E-state index contributed by atoms with van der Waals surface area (Å²) in [7, 11) is -3.16. The first-order chi connectivity index (χ1) is 11.6. The van der Waals surface area contributed by atoms with Crippen LogP contribution in [0.4, 0.5) is 0 Å². The van der Waals surface area contributed by atoms with Crippen LogP contribution in [0.5, 0.6) is 0 Å². The van der Waals surface area contributed by atoms with E-state index in [1.54, 1.807) is 41.5 Å². The van der Waals surface area contributed by atoms with Gasteiger partial charge >= 0.3 is 32.1 Å². The quantitative estimate of drug-likeness (QED) is 0.495. The van der Waals surface area contributed by atoms with Gasteiger partial charge in [-0.05, 0) is 55.4 Å². The second-order valence-electron chi connectivity index (χ2n) is 7.64. The van der Waals surface area contributed by atoms with Gasteiger partial charge in [-0.3, -0.25) is 9.59 Å². The second-order valence-corrected chi connectivity index (χ2v) is 8.45. The van der Waals surface area contributed by atoms with Crippen LogP contribution in [0.3, 0.4) is 0 Å². The summed E-state index contributed by atoms with van der Waals surface area (Å²) in [5.74, 6) is -3.60. The third-order valence-electron chi connectivity index (χ3n) is 2.79. The van der Waals surface area contributed by atoms with E-state index in [1.807, 2.05) is 0 Å². The first-order valence-corrected chi connectivity index (χ1v) is 8.98. The standard InChI is InChI=1S/C16H26O9P/c1-9(22-13(19)15(3,4)5)11(17)24-26(21)25-12(18)10(2)23-14(20)16(6,7)8/h9-10H,1-8H3/q+1. The first kappa shape index (κ1) is 24.0. The molecular weight excluding hydrogens is 367 g/mol. The molecule has 0 radical (unpaired) electrons. The molecule has 0 rings (SSSR count). The molecule has 0 aliphatic carbocycles. The van der Waals surface area contributed by atoms with Crippen LogP contribution in [0.15, 0.2) is 0 Å². The molecular formula is C16H26O9P+. The second kappa shape index (κ2) is 9.07. The summed E-state index contributed by atoms with van der Waals surface area (Å²) in [6.07, 6.45) is -2.67. The number of ether oxygens (including phenoxy) is 2. The van der Waals surface area contributed by atoms with Crippen molar-refractivity contribution in [2.45, 2.75) is 67.6 Å². The first-order valence-electron chi connectivity index (χ1n) is 7.88. The fraction of sp³-hybridized carbons (Fsp3) is 0.750. The van der Waals surface area contributed by atoms with Crippen LogP contribution in [0.25, 0.3) is 0 Å². The van der Waals surface area contributed by atoms with Crippen LogP contribution in [-0.2, 0) is 42.3 Å². The highest BCUT2D eigenvalue weighted by Crippen LogP contribution is 2.27. The summed E-state index contributed by atoms with van der Waals surface area (Å²) in [6.45, 7) is 12.0. The zero-order chi connectivity index (χ0) is 20.9. The lowest BCUT2D eigenvalue weighted by atomic mass is 9.97. The van der Waals surface area contributed by atoms with E-state index in [-0.39, 0.29) is 0 Å². The molecule has 0 aromatic heterocycles. The van der Waals surface area contributed by atoms with Crippen molar-refractivity contribution in [2.75, 3.05) is 0 Å². The Kier molecular flexibility index (Phi) is 8.37. The Morgan fingerprint density at radius 3 is 1.19 bits per heavy atom. The Hall–Kier alpha value is -2.02. The lowest BCUT2D eigenvalue weighted by Gasteiger charge is -2.18. The monoisotopic (exact) mass is 393 g/mol. The van der Waals surface area contributed by atoms with Crippen LogP contribution in [0, 0.1) is 10.8 Å². The van der Waals surface area contributed by atoms with Gasteiger partial charge < -0.3 is 9.47 Å². The third-order valence-corrected chi connectivity index (χ3v) is 3.44. The van der Waals surface area contributed by atoms with Crippen molar-refractivity contribution in [1.29, 1.82) is 0 Å². The van der Waals surface area contributed by atoms with Gasteiger partial charge in [-0.2, -0.15) is 9.05 Å². The van der Waals surface area contributed by atoms with Gasteiger partial charge in [-0.25, -0.2) is 9.59 Å². The highest BCUT2D eigenvalue weighted by atomic mass is 31.1. The van der Waals surface area contributed by atoms with Gasteiger partial charge in [-0.1, -0.05) is 0 Å². The van der Waals surface area contributed by atoms with Crippen molar-refractivity contribution in [3.8, 4) is 0 Å². The Morgan fingerprint density at radius 1 is 0.692 bits per heavy atom. The molecule has 0 aromatic rings. The maximum absolute atomic E-state index is 11.7. The number of rotatable bonds is 6. The fourth-order valence-electron chi connectivity index (χ4n) is 1.08. The molecule has 2 unspecified atom stereocenters. The van der Waals surface area contributed by atoms with E-state index in [9.17, 15) is 23.7 Å². The van der Waals surface area contributed by atoms with Crippen LogP contribution < -0.4 is 0 Å². The molecule has 2 atom stereocenters. The van der Waals surface area contributed by atoms with Crippen molar-refractivity contribution in [3.63, 3.8) is 0 Å². The molecule has 0 amide bonds. The molecule has 0 bridgehead atoms. The van der Waals surface area contributed by atoms with E-state index >= 15 is 0 Å². The molecule has 0 saturated heterocycles. The average molecular weight is 393 g/mol. The van der Waals surface area contributed by atoms with Gasteiger partial charge in [0.05, 0.1) is 10.8 Å². The minimum atomic E-state index is -3.16. The van der Waals surface area contributed by atoms with Gasteiger partial charge in [-0.15, -0.1) is 0 Å². The van der Waals surface area contributed by atoms with Crippen LogP contribution in [0.2, 0.25) is 0 Å². The van der Waals surface area contributed by atoms with Crippen LogP contribution >= 0.6 is 8.25 Å². The van der Waals surface area contributed by atoms with Gasteiger partial charge in [0.25, 0.3) is 0 Å². The Bertz CT molecular complexity index is 534. The van der Waals surface area contributed by atoms with Crippen LogP contribution in [-0.4, -0.2) is 36.1 Å². The Balaban J connectivity index is 4.56. The van der Waals surface area contributed by atoms with E-state index in [1.165, 1.54) is 13.8 Å². The summed E-state index contributed by atoms with van der Waals surface area (Å²) in [4.78, 5) is 46.8. The number of esters is 2. The third kappa shape index (κ3) is 8.38. The molecule has 0 N–H and O–H groups in total. The van der Waals surface area contributed by atoms with Gasteiger partial charge in [0, 0.05) is 4.57 Å². The molecule has 9 nitrogen and oxygen atoms in total. The number of carbonyl (C=O) groups excluding carboxylic acids is 4. The van der Waals surface area contributed by atoms with Crippen molar-refractivity contribution >= 4 is 32.1 Å². The molecule has 0 heterocycles. The maximum atomic E-state index is 11.7. The Labute approximate surface area is 153 Å². The molecule has 148 valence electrons. The topological polar surface area (TPSA) is 122 Å². The Morgan fingerprint density at radius 2 is 0.962 bits per heavy atom. The van der Waals surface area contributed by atoms with E-state index in [4.69, 9.17) is 9.47 Å². The fourth-order valence-corrected chi connectivity index (χ4v) is 1.71. The normalized spacial score (nSPS) is 14.5.